The van der Waals surface area contributed by atoms with Gasteiger partial charge >= 0.3 is 86.6 Å². The summed E-state index contributed by atoms with van der Waals surface area (Å²) in [6.45, 7) is 8.29. The molecule has 0 amide bonds. The normalized spacial score (nSPS) is 24.2. The molecule has 1 unspecified atom stereocenters. The van der Waals surface area contributed by atoms with Crippen LogP contribution in [-0.4, -0.2) is 29.2 Å². The average molecular weight is 341 g/mol. The fourth-order valence-electron chi connectivity index (χ4n) is 1.62. The summed E-state index contributed by atoms with van der Waals surface area (Å²) >= 11 is 1.82. The third-order valence-electron chi connectivity index (χ3n) is 2.14. The van der Waals surface area contributed by atoms with E-state index in [1.165, 1.54) is 32.5 Å². The van der Waals surface area contributed by atoms with Crippen molar-refractivity contribution in [2.24, 2.45) is 5.92 Å². The van der Waals surface area contributed by atoms with Gasteiger partial charge in [-0.1, -0.05) is 0 Å². The molecule has 2 nitrogen and oxygen atoms in total. The van der Waals surface area contributed by atoms with Gasteiger partial charge in [0, 0.05) is 0 Å². The summed E-state index contributed by atoms with van der Waals surface area (Å²) in [6, 6.07) is 0.772. The minimum atomic E-state index is 0.772. The quantitative estimate of drug-likeness (QED) is 0.826. The van der Waals surface area contributed by atoms with Crippen LogP contribution in [0, 0.1) is 5.92 Å². The van der Waals surface area contributed by atoms with E-state index in [0.717, 1.165) is 12.0 Å². The first-order valence-corrected chi connectivity index (χ1v) is 6.04. The summed E-state index contributed by atoms with van der Waals surface area (Å²) in [5.74, 6) is 0.802. The third-order valence-corrected chi connectivity index (χ3v) is 3.14. The van der Waals surface area contributed by atoms with E-state index in [4.69, 9.17) is 0 Å². The molecule has 0 spiro atoms. The Labute approximate surface area is 86.8 Å². The van der Waals surface area contributed by atoms with Crippen LogP contribution in [0.1, 0.15) is 26.7 Å². The zero-order chi connectivity index (χ0) is 8.97. The fraction of sp³-hybridized carbons (Fsp3) is 1.00. The first kappa shape index (κ1) is 10.7. The van der Waals surface area contributed by atoms with Crippen LogP contribution in [-0.2, 0) is 19.4 Å². The monoisotopic (exact) mass is 342 g/mol. The van der Waals surface area contributed by atoms with E-state index in [9.17, 15) is 0 Å². The van der Waals surface area contributed by atoms with Crippen LogP contribution in [0.5, 0.6) is 0 Å². The van der Waals surface area contributed by atoms with Gasteiger partial charge < -0.3 is 0 Å². The predicted molar refractivity (Wildman–Crippen MR) is 47.4 cm³/mol. The molecule has 3 heteroatoms. The Morgan fingerprint density at radius 2 is 2.33 bits per heavy atom. The molecule has 1 saturated heterocycles. The van der Waals surface area contributed by atoms with Crippen LogP contribution in [0.15, 0.2) is 0 Å². The van der Waals surface area contributed by atoms with Gasteiger partial charge in [-0.3, -0.25) is 0 Å². The van der Waals surface area contributed by atoms with Crippen LogP contribution >= 0.6 is 0 Å². The summed E-state index contributed by atoms with van der Waals surface area (Å²) in [6.07, 6.45) is 2.74. The maximum absolute atomic E-state index is 3.53. The molecule has 0 radical (unpaired) electrons. The van der Waals surface area contributed by atoms with Gasteiger partial charge in [0.15, 0.2) is 0 Å². The van der Waals surface area contributed by atoms with Gasteiger partial charge in [-0.2, -0.15) is 0 Å². The van der Waals surface area contributed by atoms with Crippen molar-refractivity contribution >= 4 is 0 Å². The second-order valence-electron chi connectivity index (χ2n) is 4.01. The Morgan fingerprint density at radius 1 is 1.58 bits per heavy atom. The van der Waals surface area contributed by atoms with E-state index < -0.39 is 0 Å². The molecule has 0 aromatic rings. The number of rotatable bonds is 4. The minimum absolute atomic E-state index is 0.772. The van der Waals surface area contributed by atoms with Crippen LogP contribution in [0.4, 0.5) is 0 Å². The number of hydrogen-bond acceptors (Lipinski definition) is 2. The van der Waals surface area contributed by atoms with Crippen molar-refractivity contribution < 1.29 is 19.4 Å². The molecular weight excluding hydrogens is 322 g/mol. The Bertz CT molecular complexity index is 122. The predicted octanol–water partition coefficient (Wildman–Crippen LogP) is 1.16. The maximum atomic E-state index is 3.53. The molecule has 1 aliphatic rings. The van der Waals surface area contributed by atoms with Crippen molar-refractivity contribution in [2.75, 3.05) is 19.6 Å². The molecule has 12 heavy (non-hydrogen) atoms. The Morgan fingerprint density at radius 3 is 2.83 bits per heavy atom. The van der Waals surface area contributed by atoms with Crippen molar-refractivity contribution in [1.82, 2.24) is 8.85 Å². The first-order chi connectivity index (χ1) is 5.68. The molecule has 0 aromatic heterocycles. The summed E-state index contributed by atoms with van der Waals surface area (Å²) in [4.78, 5) is 0. The summed E-state index contributed by atoms with van der Waals surface area (Å²) in [5, 5.41) is 3.53. The molecule has 0 aromatic carbocycles. The molecule has 1 atom stereocenters. The van der Waals surface area contributed by atoms with E-state index >= 15 is 0 Å². The van der Waals surface area contributed by atoms with E-state index in [1.54, 1.807) is 0 Å². The van der Waals surface area contributed by atoms with Gasteiger partial charge in [-0.05, 0) is 0 Å². The molecule has 0 saturated carbocycles. The second-order valence-corrected chi connectivity index (χ2v) is 5.73. The van der Waals surface area contributed by atoms with Gasteiger partial charge in [-0.15, -0.1) is 0 Å². The molecule has 1 fully saturated rings. The standard InChI is InChI=1S/C9H19N2.Re/c1-8(2)6-10-7-9-4-3-5-11-9;/h8-9,11H,3-7H2,1-2H3;/q-1;+1. The average Bonchev–Trinajstić information content (AvgIpc) is 2.37. The Hall–Kier alpha value is 0.582. The zero-order valence-electron chi connectivity index (χ0n) is 8.02. The molecule has 0 bridgehead atoms. The van der Waals surface area contributed by atoms with Gasteiger partial charge in [-0.25, -0.2) is 0 Å². The number of nitrogens with one attached hydrogen (secondary N) is 1. The van der Waals surface area contributed by atoms with Gasteiger partial charge in [0.05, 0.1) is 0 Å². The molecular formula is C9H19N2Re. The van der Waals surface area contributed by atoms with E-state index in [2.05, 4.69) is 22.7 Å². The van der Waals surface area contributed by atoms with Gasteiger partial charge in [0.25, 0.3) is 0 Å². The third kappa shape index (κ3) is 4.00. The van der Waals surface area contributed by atoms with Gasteiger partial charge in [0.1, 0.15) is 0 Å². The van der Waals surface area contributed by atoms with Crippen molar-refractivity contribution in [1.29, 1.82) is 0 Å². The first-order valence-electron chi connectivity index (χ1n) is 4.82. The van der Waals surface area contributed by atoms with Crippen LogP contribution < -0.4 is 5.32 Å². The summed E-state index contributed by atoms with van der Waals surface area (Å²) < 4.78 is 2.49. The van der Waals surface area contributed by atoms with Crippen molar-refractivity contribution in [3.8, 4) is 0 Å². The van der Waals surface area contributed by atoms with Crippen LogP contribution in [0.2, 0.25) is 0 Å². The van der Waals surface area contributed by atoms with Crippen molar-refractivity contribution in [3.05, 3.63) is 0 Å². The van der Waals surface area contributed by atoms with Crippen molar-refractivity contribution in [3.63, 3.8) is 0 Å². The summed E-state index contributed by atoms with van der Waals surface area (Å²) in [5.41, 5.74) is 0. The fourth-order valence-corrected chi connectivity index (χ4v) is 3.21. The van der Waals surface area contributed by atoms with Gasteiger partial charge in [0.2, 0.25) is 0 Å². The summed E-state index contributed by atoms with van der Waals surface area (Å²) in [7, 11) is 0. The van der Waals surface area contributed by atoms with Crippen molar-refractivity contribution in [2.45, 2.75) is 32.7 Å². The molecule has 1 rings (SSSR count). The van der Waals surface area contributed by atoms with E-state index in [-0.39, 0.29) is 0 Å². The molecule has 72 valence electrons. The molecule has 1 aliphatic heterocycles. The second kappa shape index (κ2) is 5.34. The number of hydrogen-bond donors (Lipinski definition) is 1. The topological polar surface area (TPSA) is 15.3 Å². The Balaban J connectivity index is 2.11. The van der Waals surface area contributed by atoms with Crippen LogP contribution in [0.3, 0.4) is 0 Å². The van der Waals surface area contributed by atoms with E-state index in [0.29, 0.717) is 0 Å². The van der Waals surface area contributed by atoms with E-state index in [1.807, 2.05) is 19.4 Å². The number of nitrogens with zero attached hydrogens (tertiary/aromatic N) is 1. The SMILES string of the molecule is CC(C)C[N]([Re])CC1CCCN1. The molecule has 1 N–H and O–H groups in total. The molecule has 1 heterocycles. The zero-order valence-corrected chi connectivity index (χ0v) is 10.7. The Kier molecular flexibility index (Phi) is 4.75. The molecule has 0 aliphatic carbocycles. The van der Waals surface area contributed by atoms with Crippen LogP contribution in [0.25, 0.3) is 0 Å².